The summed E-state index contributed by atoms with van der Waals surface area (Å²) in [5.41, 5.74) is 1.16. The summed E-state index contributed by atoms with van der Waals surface area (Å²) < 4.78 is 0. The Balaban J connectivity index is 1.68. The number of nitrogens with one attached hydrogen (secondary N) is 1. The molecule has 1 aliphatic rings. The van der Waals surface area contributed by atoms with E-state index in [0.717, 1.165) is 42.6 Å². The van der Waals surface area contributed by atoms with E-state index in [2.05, 4.69) is 17.4 Å². The van der Waals surface area contributed by atoms with Crippen LogP contribution in [0.2, 0.25) is 5.02 Å². The molecule has 0 unspecified atom stereocenters. The third-order valence-electron chi connectivity index (χ3n) is 5.75. The lowest BCUT2D eigenvalue weighted by Gasteiger charge is -2.31. The van der Waals surface area contributed by atoms with Gasteiger partial charge in [0, 0.05) is 22.5 Å². The number of carbonyl (C=O) groups is 2. The number of halogens is 1. The molecule has 1 aliphatic carbocycles. The quantitative estimate of drug-likeness (QED) is 0.489. The normalized spacial score (nSPS) is 14.9. The minimum absolute atomic E-state index is 0.00990. The first-order chi connectivity index (χ1) is 15.1. The zero-order valence-electron chi connectivity index (χ0n) is 18.1. The van der Waals surface area contributed by atoms with Gasteiger partial charge in [0.1, 0.15) is 6.04 Å². The van der Waals surface area contributed by atoms with Gasteiger partial charge in [-0.2, -0.15) is 0 Å². The molecule has 1 fully saturated rings. The van der Waals surface area contributed by atoms with Crippen LogP contribution in [0.1, 0.15) is 44.6 Å². The highest BCUT2D eigenvalue weighted by atomic mass is 35.5. The molecule has 2 aromatic rings. The van der Waals surface area contributed by atoms with Crippen LogP contribution in [0.15, 0.2) is 59.5 Å². The van der Waals surface area contributed by atoms with E-state index in [9.17, 15) is 9.59 Å². The van der Waals surface area contributed by atoms with Crippen LogP contribution in [-0.2, 0) is 16.0 Å². The third kappa shape index (κ3) is 7.29. The second-order valence-corrected chi connectivity index (χ2v) is 9.46. The summed E-state index contributed by atoms with van der Waals surface area (Å²) in [5.74, 6) is 0.264. The van der Waals surface area contributed by atoms with E-state index in [1.165, 1.54) is 11.8 Å². The molecule has 2 aromatic carbocycles. The topological polar surface area (TPSA) is 49.4 Å². The Morgan fingerprint density at radius 1 is 1.10 bits per heavy atom. The van der Waals surface area contributed by atoms with Crippen LogP contribution in [0.5, 0.6) is 0 Å². The molecule has 31 heavy (non-hydrogen) atoms. The van der Waals surface area contributed by atoms with Crippen LogP contribution in [0.4, 0.5) is 0 Å². The molecular weight excluding hydrogens is 428 g/mol. The van der Waals surface area contributed by atoms with Crippen molar-refractivity contribution in [1.29, 1.82) is 0 Å². The van der Waals surface area contributed by atoms with Crippen molar-refractivity contribution in [2.75, 3.05) is 12.3 Å². The lowest BCUT2D eigenvalue weighted by molar-refractivity contribution is -0.139. The zero-order valence-corrected chi connectivity index (χ0v) is 19.6. The van der Waals surface area contributed by atoms with Gasteiger partial charge < -0.3 is 10.2 Å². The summed E-state index contributed by atoms with van der Waals surface area (Å²) in [5, 5.41) is 3.86. The molecule has 6 heteroatoms. The van der Waals surface area contributed by atoms with Crippen LogP contribution in [0.25, 0.3) is 0 Å². The first-order valence-electron chi connectivity index (χ1n) is 11.1. The van der Waals surface area contributed by atoms with Gasteiger partial charge in [-0.3, -0.25) is 9.59 Å². The maximum absolute atomic E-state index is 13.2. The Bertz CT molecular complexity index is 838. The predicted octanol–water partition coefficient (Wildman–Crippen LogP) is 5.34. The van der Waals surface area contributed by atoms with Crippen LogP contribution < -0.4 is 5.32 Å². The van der Waals surface area contributed by atoms with Crippen molar-refractivity contribution in [3.8, 4) is 0 Å². The van der Waals surface area contributed by atoms with Crippen LogP contribution in [-0.4, -0.2) is 41.1 Å². The number of carbonyl (C=O) groups excluding carboxylic acids is 2. The van der Waals surface area contributed by atoms with E-state index < -0.39 is 6.04 Å². The first kappa shape index (κ1) is 23.7. The average Bonchev–Trinajstić information content (AvgIpc) is 3.29. The summed E-state index contributed by atoms with van der Waals surface area (Å²) in [6.07, 6.45) is 5.72. The molecule has 1 atom stereocenters. The Hall–Kier alpha value is -1.98. The number of rotatable bonds is 10. The summed E-state index contributed by atoms with van der Waals surface area (Å²) in [6.45, 7) is 2.51. The number of amides is 2. The molecule has 0 bridgehead atoms. The van der Waals surface area contributed by atoms with Gasteiger partial charge in [-0.25, -0.2) is 0 Å². The van der Waals surface area contributed by atoms with E-state index in [1.54, 1.807) is 4.90 Å². The van der Waals surface area contributed by atoms with Crippen molar-refractivity contribution >= 4 is 35.2 Å². The van der Waals surface area contributed by atoms with Gasteiger partial charge in [0.05, 0.1) is 5.75 Å². The molecule has 0 radical (unpaired) electrons. The first-order valence-corrected chi connectivity index (χ1v) is 12.4. The number of benzene rings is 2. The van der Waals surface area contributed by atoms with Crippen molar-refractivity contribution in [3.63, 3.8) is 0 Å². The van der Waals surface area contributed by atoms with Crippen LogP contribution >= 0.6 is 23.4 Å². The summed E-state index contributed by atoms with van der Waals surface area (Å²) in [6, 6.07) is 17.4. The van der Waals surface area contributed by atoms with Gasteiger partial charge >= 0.3 is 0 Å². The van der Waals surface area contributed by atoms with Crippen molar-refractivity contribution in [2.24, 2.45) is 0 Å². The second kappa shape index (κ2) is 12.2. The summed E-state index contributed by atoms with van der Waals surface area (Å²) in [7, 11) is 0. The molecule has 0 aliphatic heterocycles. The van der Waals surface area contributed by atoms with Gasteiger partial charge in [0.15, 0.2) is 0 Å². The maximum Gasteiger partial charge on any atom is 0.243 e. The maximum atomic E-state index is 13.2. The van der Waals surface area contributed by atoms with Crippen molar-refractivity contribution in [2.45, 2.75) is 62.4 Å². The van der Waals surface area contributed by atoms with E-state index in [0.29, 0.717) is 23.7 Å². The Morgan fingerprint density at radius 3 is 2.42 bits per heavy atom. The van der Waals surface area contributed by atoms with E-state index in [-0.39, 0.29) is 17.9 Å². The standard InChI is InChI=1S/C25H31ClN2O2S/c1-2-23(25(30)27-21-10-6-7-11-21)28(17-16-19-8-4-3-5-9-19)24(29)18-31-22-14-12-20(26)13-15-22/h3-5,8-9,12-15,21,23H,2,6-7,10-11,16-18H2,1H3,(H,27,30)/t23-/m1/s1. The SMILES string of the molecule is CC[C@H](C(=O)NC1CCCC1)N(CCc1ccccc1)C(=O)CSc1ccc(Cl)cc1. The smallest absolute Gasteiger partial charge is 0.243 e. The van der Waals surface area contributed by atoms with Crippen molar-refractivity contribution in [1.82, 2.24) is 10.2 Å². The number of hydrogen-bond acceptors (Lipinski definition) is 3. The molecule has 0 heterocycles. The third-order valence-corrected chi connectivity index (χ3v) is 7.00. The molecular formula is C25H31ClN2O2S. The highest BCUT2D eigenvalue weighted by molar-refractivity contribution is 8.00. The Kier molecular flexibility index (Phi) is 9.29. The lowest BCUT2D eigenvalue weighted by atomic mass is 10.1. The molecule has 3 rings (SSSR count). The molecule has 4 nitrogen and oxygen atoms in total. The molecule has 0 saturated heterocycles. The molecule has 0 aromatic heterocycles. The van der Waals surface area contributed by atoms with E-state index in [1.807, 2.05) is 49.4 Å². The summed E-state index contributed by atoms with van der Waals surface area (Å²) >= 11 is 7.44. The lowest BCUT2D eigenvalue weighted by Crippen LogP contribution is -2.52. The number of hydrogen-bond donors (Lipinski definition) is 1. The van der Waals surface area contributed by atoms with Gasteiger partial charge in [-0.15, -0.1) is 11.8 Å². The largest absolute Gasteiger partial charge is 0.352 e. The van der Waals surface area contributed by atoms with Gasteiger partial charge in [-0.1, -0.05) is 61.7 Å². The molecule has 2 amide bonds. The molecule has 166 valence electrons. The highest BCUT2D eigenvalue weighted by Crippen LogP contribution is 2.22. The van der Waals surface area contributed by atoms with Crippen molar-refractivity contribution in [3.05, 3.63) is 65.2 Å². The monoisotopic (exact) mass is 458 g/mol. The number of thioether (sulfide) groups is 1. The van der Waals surface area contributed by atoms with E-state index >= 15 is 0 Å². The van der Waals surface area contributed by atoms with Crippen molar-refractivity contribution < 1.29 is 9.59 Å². The fraction of sp³-hybridized carbons (Fsp3) is 0.440. The van der Waals surface area contributed by atoms with Crippen LogP contribution in [0, 0.1) is 0 Å². The fourth-order valence-corrected chi connectivity index (χ4v) is 4.93. The Morgan fingerprint density at radius 2 is 1.77 bits per heavy atom. The average molecular weight is 459 g/mol. The van der Waals surface area contributed by atoms with Gasteiger partial charge in [-0.05, 0) is 55.5 Å². The molecule has 1 N–H and O–H groups in total. The van der Waals surface area contributed by atoms with Gasteiger partial charge in [0.2, 0.25) is 11.8 Å². The molecule has 0 spiro atoms. The highest BCUT2D eigenvalue weighted by Gasteiger charge is 2.30. The fourth-order valence-electron chi connectivity index (χ4n) is 4.02. The van der Waals surface area contributed by atoms with Crippen LogP contribution in [0.3, 0.4) is 0 Å². The predicted molar refractivity (Wildman–Crippen MR) is 129 cm³/mol. The molecule has 1 saturated carbocycles. The number of nitrogens with zero attached hydrogens (tertiary/aromatic N) is 1. The van der Waals surface area contributed by atoms with E-state index in [4.69, 9.17) is 11.6 Å². The van der Waals surface area contributed by atoms with Gasteiger partial charge in [0.25, 0.3) is 0 Å². The Labute approximate surface area is 194 Å². The second-order valence-electron chi connectivity index (χ2n) is 7.98. The summed E-state index contributed by atoms with van der Waals surface area (Å²) in [4.78, 5) is 29.1. The minimum atomic E-state index is -0.442. The zero-order chi connectivity index (χ0) is 22.1. The minimum Gasteiger partial charge on any atom is -0.352 e.